The molecule has 1 aromatic rings. The van der Waals surface area contributed by atoms with Gasteiger partial charge >= 0.3 is 0 Å². The van der Waals surface area contributed by atoms with Crippen LogP contribution in [0.2, 0.25) is 0 Å². The van der Waals surface area contributed by atoms with Crippen LogP contribution in [0.5, 0.6) is 0 Å². The topological polar surface area (TPSA) is 41.3 Å². The molecule has 0 saturated carbocycles. The first-order valence-electron chi connectivity index (χ1n) is 6.08. The highest BCUT2D eigenvalue weighted by Gasteiger charge is 2.11. The monoisotopic (exact) mass is 239 g/mol. The van der Waals surface area contributed by atoms with E-state index in [0.29, 0.717) is 0 Å². The zero-order valence-corrected chi connectivity index (χ0v) is 10.5. The van der Waals surface area contributed by atoms with Crippen molar-refractivity contribution in [1.82, 2.24) is 10.2 Å². The third kappa shape index (κ3) is 3.56. The number of nitrogens with zero attached hydrogens (tertiary/aromatic N) is 1. The van der Waals surface area contributed by atoms with Gasteiger partial charge in [-0.15, -0.1) is 11.3 Å². The lowest BCUT2D eigenvalue weighted by atomic mass is 10.1. The fourth-order valence-electron chi connectivity index (χ4n) is 2.11. The van der Waals surface area contributed by atoms with E-state index < -0.39 is 0 Å². The molecule has 0 aromatic carbocycles. The minimum atomic E-state index is 0.239. The van der Waals surface area contributed by atoms with Gasteiger partial charge in [0, 0.05) is 37.1 Å². The summed E-state index contributed by atoms with van der Waals surface area (Å²) < 4.78 is 0. The Morgan fingerprint density at radius 3 is 2.94 bits per heavy atom. The van der Waals surface area contributed by atoms with Crippen LogP contribution < -0.4 is 11.1 Å². The third-order valence-corrected chi connectivity index (χ3v) is 4.11. The molecule has 0 amide bonds. The lowest BCUT2D eigenvalue weighted by Crippen LogP contribution is -2.43. The van der Waals surface area contributed by atoms with Gasteiger partial charge in [-0.25, -0.2) is 0 Å². The lowest BCUT2D eigenvalue weighted by molar-refractivity contribution is 0.235. The average Bonchev–Trinajstić information content (AvgIpc) is 2.84. The molecular formula is C12H21N3S. The van der Waals surface area contributed by atoms with Gasteiger partial charge in [0.1, 0.15) is 0 Å². The van der Waals surface area contributed by atoms with E-state index >= 15 is 0 Å². The van der Waals surface area contributed by atoms with Crippen LogP contribution in [-0.2, 0) is 0 Å². The number of thiophene rings is 1. The van der Waals surface area contributed by atoms with Crippen molar-refractivity contribution in [2.75, 3.05) is 32.7 Å². The predicted molar refractivity (Wildman–Crippen MR) is 69.8 cm³/mol. The largest absolute Gasteiger partial charge is 0.323 e. The molecule has 3 N–H and O–H groups in total. The summed E-state index contributed by atoms with van der Waals surface area (Å²) in [7, 11) is 0. The highest BCUT2D eigenvalue weighted by Crippen LogP contribution is 2.20. The minimum absolute atomic E-state index is 0.239. The second-order valence-corrected chi connectivity index (χ2v) is 5.34. The molecular weight excluding hydrogens is 218 g/mol. The molecule has 1 aliphatic heterocycles. The summed E-state index contributed by atoms with van der Waals surface area (Å²) >= 11 is 1.77. The van der Waals surface area contributed by atoms with Crippen molar-refractivity contribution in [3.05, 3.63) is 22.4 Å². The van der Waals surface area contributed by atoms with Crippen LogP contribution in [0.25, 0.3) is 0 Å². The van der Waals surface area contributed by atoms with E-state index in [-0.39, 0.29) is 6.04 Å². The van der Waals surface area contributed by atoms with Crippen molar-refractivity contribution in [2.45, 2.75) is 18.9 Å². The molecule has 0 bridgehead atoms. The van der Waals surface area contributed by atoms with Crippen LogP contribution in [0.3, 0.4) is 0 Å². The third-order valence-electron chi connectivity index (χ3n) is 3.11. The molecule has 90 valence electrons. The summed E-state index contributed by atoms with van der Waals surface area (Å²) in [6.45, 7) is 5.84. The lowest BCUT2D eigenvalue weighted by Gasteiger charge is -2.27. The van der Waals surface area contributed by atoms with E-state index in [1.54, 1.807) is 11.3 Å². The quantitative estimate of drug-likeness (QED) is 0.817. The van der Waals surface area contributed by atoms with Crippen molar-refractivity contribution < 1.29 is 0 Å². The minimum Gasteiger partial charge on any atom is -0.323 e. The Morgan fingerprint density at radius 2 is 2.25 bits per heavy atom. The van der Waals surface area contributed by atoms with Crippen molar-refractivity contribution in [3.63, 3.8) is 0 Å². The van der Waals surface area contributed by atoms with Crippen molar-refractivity contribution in [2.24, 2.45) is 5.73 Å². The Labute approximate surface area is 102 Å². The summed E-state index contributed by atoms with van der Waals surface area (Å²) in [6.07, 6.45) is 2.31. The van der Waals surface area contributed by atoms with Crippen LogP contribution in [0.15, 0.2) is 17.5 Å². The number of hydrogen-bond donors (Lipinski definition) is 2. The Bertz CT molecular complexity index is 280. The molecule has 1 unspecified atom stereocenters. The van der Waals surface area contributed by atoms with Gasteiger partial charge in [0.05, 0.1) is 0 Å². The van der Waals surface area contributed by atoms with Crippen LogP contribution in [0.1, 0.15) is 23.8 Å². The summed E-state index contributed by atoms with van der Waals surface area (Å²) in [5.74, 6) is 0. The van der Waals surface area contributed by atoms with E-state index in [9.17, 15) is 0 Å². The van der Waals surface area contributed by atoms with Gasteiger partial charge < -0.3 is 16.0 Å². The number of rotatable bonds is 5. The SMILES string of the molecule is NC(CCCN1CCNCC1)c1cccs1. The fourth-order valence-corrected chi connectivity index (χ4v) is 2.88. The smallest absolute Gasteiger partial charge is 0.0390 e. The van der Waals surface area contributed by atoms with Gasteiger partial charge in [-0.1, -0.05) is 6.07 Å². The summed E-state index contributed by atoms with van der Waals surface area (Å²) in [6, 6.07) is 4.46. The second kappa shape index (κ2) is 6.35. The highest BCUT2D eigenvalue weighted by atomic mass is 32.1. The van der Waals surface area contributed by atoms with Gasteiger partial charge in [-0.2, -0.15) is 0 Å². The van der Waals surface area contributed by atoms with Crippen LogP contribution >= 0.6 is 11.3 Å². The Balaban J connectivity index is 1.63. The van der Waals surface area contributed by atoms with Gasteiger partial charge in [-0.3, -0.25) is 0 Å². The molecule has 1 aromatic heterocycles. The summed E-state index contributed by atoms with van der Waals surface area (Å²) in [4.78, 5) is 3.85. The molecule has 1 saturated heterocycles. The van der Waals surface area contributed by atoms with E-state index in [4.69, 9.17) is 5.73 Å². The molecule has 3 nitrogen and oxygen atoms in total. The molecule has 0 aliphatic carbocycles. The molecule has 0 spiro atoms. The van der Waals surface area contributed by atoms with Gasteiger partial charge in [0.2, 0.25) is 0 Å². The Morgan fingerprint density at radius 1 is 1.44 bits per heavy atom. The van der Waals surface area contributed by atoms with Gasteiger partial charge in [0.25, 0.3) is 0 Å². The fraction of sp³-hybridized carbons (Fsp3) is 0.667. The molecule has 2 rings (SSSR count). The number of nitrogens with one attached hydrogen (secondary N) is 1. The van der Waals surface area contributed by atoms with Gasteiger partial charge in [-0.05, 0) is 30.8 Å². The molecule has 1 fully saturated rings. The van der Waals surface area contributed by atoms with Gasteiger partial charge in [0.15, 0.2) is 0 Å². The van der Waals surface area contributed by atoms with Crippen molar-refractivity contribution >= 4 is 11.3 Å². The summed E-state index contributed by atoms with van der Waals surface area (Å²) in [5, 5.41) is 5.47. The highest BCUT2D eigenvalue weighted by molar-refractivity contribution is 7.10. The first-order chi connectivity index (χ1) is 7.86. The van der Waals surface area contributed by atoms with E-state index in [0.717, 1.165) is 19.5 Å². The molecule has 1 atom stereocenters. The molecule has 16 heavy (non-hydrogen) atoms. The zero-order valence-electron chi connectivity index (χ0n) is 9.69. The Hall–Kier alpha value is -0.420. The number of nitrogens with two attached hydrogens (primary N) is 1. The summed E-state index contributed by atoms with van der Waals surface area (Å²) in [5.41, 5.74) is 6.13. The van der Waals surface area contributed by atoms with E-state index in [1.165, 1.54) is 30.9 Å². The second-order valence-electron chi connectivity index (χ2n) is 4.36. The van der Waals surface area contributed by atoms with E-state index in [1.807, 2.05) is 0 Å². The maximum absolute atomic E-state index is 6.13. The first-order valence-corrected chi connectivity index (χ1v) is 6.96. The molecule has 4 heteroatoms. The molecule has 2 heterocycles. The maximum Gasteiger partial charge on any atom is 0.0390 e. The normalized spacial score (nSPS) is 19.8. The van der Waals surface area contributed by atoms with Crippen molar-refractivity contribution in [3.8, 4) is 0 Å². The Kier molecular flexibility index (Phi) is 4.78. The maximum atomic E-state index is 6.13. The van der Waals surface area contributed by atoms with Crippen molar-refractivity contribution in [1.29, 1.82) is 0 Å². The van der Waals surface area contributed by atoms with E-state index in [2.05, 4.69) is 27.7 Å². The standard InChI is InChI=1S/C12H21N3S/c13-11(12-4-2-10-16-12)3-1-7-15-8-5-14-6-9-15/h2,4,10-11,14H,1,3,5-9,13H2. The van der Waals surface area contributed by atoms with Crippen LogP contribution in [0, 0.1) is 0 Å². The molecule has 1 aliphatic rings. The zero-order chi connectivity index (χ0) is 11.2. The number of hydrogen-bond acceptors (Lipinski definition) is 4. The number of piperazine rings is 1. The average molecular weight is 239 g/mol. The first kappa shape index (κ1) is 12.0. The van der Waals surface area contributed by atoms with Crippen LogP contribution in [-0.4, -0.2) is 37.6 Å². The molecule has 0 radical (unpaired) electrons. The predicted octanol–water partition coefficient (Wildman–Crippen LogP) is 1.43. The van der Waals surface area contributed by atoms with Crippen LogP contribution in [0.4, 0.5) is 0 Å².